The number of amides is 1. The number of carbonyl (C=O) groups is 1. The molecule has 0 saturated heterocycles. The van der Waals surface area contributed by atoms with Crippen molar-refractivity contribution in [3.63, 3.8) is 0 Å². The summed E-state index contributed by atoms with van der Waals surface area (Å²) in [5.41, 5.74) is 4.47. The highest BCUT2D eigenvalue weighted by Gasteiger charge is 2.12. The van der Waals surface area contributed by atoms with Crippen LogP contribution in [0.1, 0.15) is 29.1 Å². The molecule has 0 aliphatic carbocycles. The first kappa shape index (κ1) is 21.8. The quantitative estimate of drug-likeness (QED) is 0.413. The van der Waals surface area contributed by atoms with Crippen molar-refractivity contribution in [1.29, 1.82) is 0 Å². The molecule has 0 radical (unpaired) electrons. The normalized spacial score (nSPS) is 11.0. The Bertz CT molecular complexity index is 1220. The lowest BCUT2D eigenvalue weighted by Gasteiger charge is -2.02. The van der Waals surface area contributed by atoms with Gasteiger partial charge >= 0.3 is 0 Å². The Morgan fingerprint density at radius 1 is 1.06 bits per heavy atom. The van der Waals surface area contributed by atoms with Crippen molar-refractivity contribution in [2.75, 3.05) is 6.54 Å². The third-order valence-corrected chi connectivity index (χ3v) is 5.94. The summed E-state index contributed by atoms with van der Waals surface area (Å²) in [7, 11) is 0. The van der Waals surface area contributed by atoms with E-state index in [0.29, 0.717) is 42.2 Å². The van der Waals surface area contributed by atoms with E-state index in [9.17, 15) is 9.18 Å². The zero-order valence-corrected chi connectivity index (χ0v) is 18.7. The van der Waals surface area contributed by atoms with Crippen LogP contribution in [0.25, 0.3) is 22.0 Å². The maximum atomic E-state index is 13.4. The van der Waals surface area contributed by atoms with Crippen LogP contribution in [-0.2, 0) is 17.6 Å². The minimum atomic E-state index is -0.279. The van der Waals surface area contributed by atoms with Gasteiger partial charge in [-0.1, -0.05) is 35.0 Å². The highest BCUT2D eigenvalue weighted by molar-refractivity contribution is 7.13. The van der Waals surface area contributed by atoms with Crippen molar-refractivity contribution in [1.82, 2.24) is 20.4 Å². The average Bonchev–Trinajstić information content (AvgIpc) is 3.45. The molecule has 0 aliphatic heterocycles. The van der Waals surface area contributed by atoms with E-state index in [-0.39, 0.29) is 18.1 Å². The lowest BCUT2D eigenvalue weighted by Crippen LogP contribution is -2.26. The van der Waals surface area contributed by atoms with Crippen molar-refractivity contribution in [2.24, 2.45) is 0 Å². The molecule has 0 spiro atoms. The third kappa shape index (κ3) is 5.45. The molecule has 8 heteroatoms. The largest absolute Gasteiger partial charge is 0.356 e. The van der Waals surface area contributed by atoms with Crippen LogP contribution in [-0.4, -0.2) is 27.6 Å². The van der Waals surface area contributed by atoms with Crippen molar-refractivity contribution >= 4 is 17.2 Å². The molecule has 0 unspecified atom stereocenters. The molecule has 4 aromatic rings. The van der Waals surface area contributed by atoms with Crippen LogP contribution in [0.15, 0.2) is 52.4 Å². The SMILES string of the molecule is Cc1ccc(-c2nc(CCNC(=O)CCc3nc(-c4ccc(F)c(C)c4)no3)cs2)cc1. The Hall–Kier alpha value is -3.39. The molecule has 32 heavy (non-hydrogen) atoms. The van der Waals surface area contributed by atoms with Gasteiger partial charge in [0.15, 0.2) is 0 Å². The fourth-order valence-electron chi connectivity index (χ4n) is 3.15. The molecule has 2 heterocycles. The Kier molecular flexibility index (Phi) is 6.70. The van der Waals surface area contributed by atoms with Gasteiger partial charge in [-0.15, -0.1) is 11.3 Å². The average molecular weight is 451 g/mol. The molecular weight excluding hydrogens is 427 g/mol. The molecule has 1 amide bonds. The predicted octanol–water partition coefficient (Wildman–Crippen LogP) is 4.91. The van der Waals surface area contributed by atoms with Gasteiger partial charge in [-0.25, -0.2) is 9.37 Å². The first-order chi connectivity index (χ1) is 15.5. The zero-order valence-electron chi connectivity index (χ0n) is 17.9. The van der Waals surface area contributed by atoms with Crippen LogP contribution in [0.4, 0.5) is 4.39 Å². The van der Waals surface area contributed by atoms with Crippen LogP contribution in [0.3, 0.4) is 0 Å². The number of halogens is 1. The predicted molar refractivity (Wildman–Crippen MR) is 122 cm³/mol. The Morgan fingerprint density at radius 2 is 1.84 bits per heavy atom. The molecule has 6 nitrogen and oxygen atoms in total. The highest BCUT2D eigenvalue weighted by atomic mass is 32.1. The fourth-order valence-corrected chi connectivity index (χ4v) is 4.01. The van der Waals surface area contributed by atoms with E-state index in [1.54, 1.807) is 30.4 Å². The van der Waals surface area contributed by atoms with E-state index in [1.807, 2.05) is 5.38 Å². The van der Waals surface area contributed by atoms with E-state index in [1.165, 1.54) is 11.6 Å². The Balaban J connectivity index is 1.23. The van der Waals surface area contributed by atoms with Crippen molar-refractivity contribution in [3.05, 3.63) is 76.4 Å². The summed E-state index contributed by atoms with van der Waals surface area (Å²) in [5, 5.41) is 9.83. The van der Waals surface area contributed by atoms with Crippen molar-refractivity contribution in [3.8, 4) is 22.0 Å². The standard InChI is InChI=1S/C24H23FN4O2S/c1-15-3-5-17(6-4-15)24-27-19(14-32-24)11-12-26-21(30)9-10-22-28-23(29-31-22)18-7-8-20(25)16(2)13-18/h3-8,13-14H,9-12H2,1-2H3,(H,26,30). The van der Waals surface area contributed by atoms with Crippen LogP contribution >= 0.6 is 11.3 Å². The van der Waals surface area contributed by atoms with Crippen LogP contribution in [0, 0.1) is 19.7 Å². The minimum absolute atomic E-state index is 0.0867. The topological polar surface area (TPSA) is 80.9 Å². The second-order valence-electron chi connectivity index (χ2n) is 7.59. The number of aryl methyl sites for hydroxylation is 3. The molecule has 0 atom stereocenters. The zero-order chi connectivity index (χ0) is 22.5. The number of thiazole rings is 1. The van der Waals surface area contributed by atoms with Crippen molar-refractivity contribution < 1.29 is 13.7 Å². The molecule has 0 fully saturated rings. The Labute approximate surface area is 189 Å². The summed E-state index contributed by atoms with van der Waals surface area (Å²) >= 11 is 1.60. The summed E-state index contributed by atoms with van der Waals surface area (Å²) in [4.78, 5) is 21.1. The first-order valence-corrected chi connectivity index (χ1v) is 11.2. The van der Waals surface area contributed by atoms with Gasteiger partial charge in [-0.2, -0.15) is 4.98 Å². The molecule has 4 rings (SSSR count). The number of nitrogens with zero attached hydrogens (tertiary/aromatic N) is 3. The van der Waals surface area contributed by atoms with Gasteiger partial charge in [-0.05, 0) is 37.6 Å². The smallest absolute Gasteiger partial charge is 0.227 e. The van der Waals surface area contributed by atoms with E-state index >= 15 is 0 Å². The maximum Gasteiger partial charge on any atom is 0.227 e. The molecule has 0 saturated carbocycles. The van der Waals surface area contributed by atoms with E-state index < -0.39 is 0 Å². The second-order valence-corrected chi connectivity index (χ2v) is 8.44. The summed E-state index contributed by atoms with van der Waals surface area (Å²) in [6.45, 7) is 4.25. The number of aromatic nitrogens is 3. The van der Waals surface area contributed by atoms with Gasteiger partial charge in [0.2, 0.25) is 17.6 Å². The molecule has 2 aromatic carbocycles. The second kappa shape index (κ2) is 9.82. The van der Waals surface area contributed by atoms with Gasteiger partial charge < -0.3 is 9.84 Å². The number of rotatable bonds is 8. The summed E-state index contributed by atoms with van der Waals surface area (Å²) in [6.07, 6.45) is 1.26. The summed E-state index contributed by atoms with van der Waals surface area (Å²) in [5.74, 6) is 0.394. The molecule has 1 N–H and O–H groups in total. The van der Waals surface area contributed by atoms with Gasteiger partial charge in [0.1, 0.15) is 10.8 Å². The fraction of sp³-hybridized carbons (Fsp3) is 0.250. The first-order valence-electron chi connectivity index (χ1n) is 10.3. The highest BCUT2D eigenvalue weighted by Crippen LogP contribution is 2.24. The van der Waals surface area contributed by atoms with Crippen LogP contribution in [0.2, 0.25) is 0 Å². The molecule has 0 aliphatic rings. The molecule has 2 aromatic heterocycles. The maximum absolute atomic E-state index is 13.4. The number of benzene rings is 2. The van der Waals surface area contributed by atoms with Gasteiger partial charge in [-0.3, -0.25) is 4.79 Å². The van der Waals surface area contributed by atoms with E-state index in [2.05, 4.69) is 51.6 Å². The molecular formula is C24H23FN4O2S. The number of hydrogen-bond donors (Lipinski definition) is 1. The van der Waals surface area contributed by atoms with Gasteiger partial charge in [0.25, 0.3) is 0 Å². The number of hydrogen-bond acceptors (Lipinski definition) is 6. The lowest BCUT2D eigenvalue weighted by molar-refractivity contribution is -0.121. The van der Waals surface area contributed by atoms with Crippen LogP contribution < -0.4 is 5.32 Å². The number of carbonyl (C=O) groups excluding carboxylic acids is 1. The third-order valence-electron chi connectivity index (χ3n) is 5.00. The van der Waals surface area contributed by atoms with Crippen molar-refractivity contribution in [2.45, 2.75) is 33.1 Å². The van der Waals surface area contributed by atoms with E-state index in [4.69, 9.17) is 4.52 Å². The summed E-state index contributed by atoms with van der Waals surface area (Å²) in [6, 6.07) is 12.9. The van der Waals surface area contributed by atoms with Gasteiger partial charge in [0, 0.05) is 42.3 Å². The van der Waals surface area contributed by atoms with E-state index in [0.717, 1.165) is 16.3 Å². The summed E-state index contributed by atoms with van der Waals surface area (Å²) < 4.78 is 18.6. The Morgan fingerprint density at radius 3 is 2.62 bits per heavy atom. The van der Waals surface area contributed by atoms with Crippen LogP contribution in [0.5, 0.6) is 0 Å². The minimum Gasteiger partial charge on any atom is -0.356 e. The molecule has 0 bridgehead atoms. The number of nitrogens with one attached hydrogen (secondary N) is 1. The van der Waals surface area contributed by atoms with Gasteiger partial charge in [0.05, 0.1) is 5.69 Å². The lowest BCUT2D eigenvalue weighted by atomic mass is 10.1. The molecule has 164 valence electrons. The monoisotopic (exact) mass is 450 g/mol.